The van der Waals surface area contributed by atoms with Gasteiger partial charge in [0.05, 0.1) is 12.5 Å². The Bertz CT molecular complexity index is 208. The zero-order valence-electron chi connectivity index (χ0n) is 11.9. The molecule has 0 radical (unpaired) electrons. The lowest BCUT2D eigenvalue weighted by Crippen LogP contribution is -2.35. The lowest BCUT2D eigenvalue weighted by Gasteiger charge is -2.35. The molecule has 0 bridgehead atoms. The fourth-order valence-corrected chi connectivity index (χ4v) is 2.37. The van der Waals surface area contributed by atoms with Crippen LogP contribution in [0.2, 0.25) is 0 Å². The molecule has 2 N–H and O–H groups in total. The highest BCUT2D eigenvalue weighted by molar-refractivity contribution is 5.70. The summed E-state index contributed by atoms with van der Waals surface area (Å²) in [5, 5.41) is 0. The minimum Gasteiger partial charge on any atom is -0.463 e. The molecule has 0 unspecified atom stereocenters. The smallest absolute Gasteiger partial charge is 0.306 e. The van der Waals surface area contributed by atoms with E-state index in [0.717, 1.165) is 12.8 Å². The number of ether oxygens (including phenoxy) is 1. The van der Waals surface area contributed by atoms with Crippen LogP contribution in [0.25, 0.3) is 0 Å². The molecule has 102 valence electrons. The summed E-state index contributed by atoms with van der Waals surface area (Å²) in [6.45, 7) is 8.38. The summed E-state index contributed by atoms with van der Waals surface area (Å²) < 4.78 is 5.19. The van der Waals surface area contributed by atoms with Gasteiger partial charge in [-0.3, -0.25) is 4.79 Å². The quantitative estimate of drug-likeness (QED) is 0.771. The van der Waals surface area contributed by atoms with Crippen molar-refractivity contribution in [3.05, 3.63) is 0 Å². The average molecular weight is 243 g/mol. The van der Waals surface area contributed by atoms with Gasteiger partial charge in [-0.15, -0.1) is 0 Å². The van der Waals surface area contributed by atoms with Crippen molar-refractivity contribution in [1.82, 2.24) is 0 Å². The lowest BCUT2D eigenvalue weighted by molar-refractivity contribution is -0.150. The van der Waals surface area contributed by atoms with Crippen molar-refractivity contribution in [2.45, 2.75) is 72.3 Å². The van der Waals surface area contributed by atoms with Crippen LogP contribution in [0.15, 0.2) is 0 Å². The maximum absolute atomic E-state index is 11.6. The topological polar surface area (TPSA) is 52.3 Å². The Labute approximate surface area is 106 Å². The largest absolute Gasteiger partial charge is 0.463 e. The summed E-state index contributed by atoms with van der Waals surface area (Å²) in [4.78, 5) is 11.6. The van der Waals surface area contributed by atoms with Crippen molar-refractivity contribution in [3.8, 4) is 0 Å². The monoisotopic (exact) mass is 243 g/mol. The summed E-state index contributed by atoms with van der Waals surface area (Å²) >= 11 is 0. The van der Waals surface area contributed by atoms with Crippen molar-refractivity contribution in [2.24, 2.45) is 11.1 Å². The molecule has 0 spiro atoms. The summed E-state index contributed by atoms with van der Waals surface area (Å²) in [7, 11) is 0. The first-order valence-electron chi connectivity index (χ1n) is 6.97. The zero-order chi connectivity index (χ0) is 13.3. The van der Waals surface area contributed by atoms with Gasteiger partial charge in [0.2, 0.25) is 0 Å². The molecule has 0 heterocycles. The van der Waals surface area contributed by atoms with E-state index in [1.165, 1.54) is 19.3 Å². The van der Waals surface area contributed by atoms with Gasteiger partial charge in [-0.2, -0.15) is 0 Å². The van der Waals surface area contributed by atoms with Crippen LogP contribution in [-0.2, 0) is 9.53 Å². The summed E-state index contributed by atoms with van der Waals surface area (Å²) in [6.07, 6.45) is 6.32. The average Bonchev–Trinajstić information content (AvgIpc) is 2.31. The first-order valence-corrected chi connectivity index (χ1v) is 6.97. The first-order chi connectivity index (χ1) is 8.08. The Balaban J connectivity index is 0.00000121. The SMILES string of the molecule is CC.CC(C)OC(=O)CC1(CN)CCCCC1. The Morgan fingerprint density at radius 2 is 1.76 bits per heavy atom. The zero-order valence-corrected chi connectivity index (χ0v) is 11.9. The van der Waals surface area contributed by atoms with Gasteiger partial charge >= 0.3 is 5.97 Å². The van der Waals surface area contributed by atoms with Crippen molar-refractivity contribution in [2.75, 3.05) is 6.54 Å². The molecule has 1 aliphatic carbocycles. The maximum Gasteiger partial charge on any atom is 0.306 e. The molecule has 1 rings (SSSR count). The number of nitrogens with two attached hydrogens (primary N) is 1. The van der Waals surface area contributed by atoms with E-state index in [1.807, 2.05) is 27.7 Å². The van der Waals surface area contributed by atoms with Crippen LogP contribution in [-0.4, -0.2) is 18.6 Å². The van der Waals surface area contributed by atoms with E-state index < -0.39 is 0 Å². The molecule has 17 heavy (non-hydrogen) atoms. The number of carbonyl (C=O) groups excluding carboxylic acids is 1. The molecule has 3 nitrogen and oxygen atoms in total. The highest BCUT2D eigenvalue weighted by Crippen LogP contribution is 2.38. The van der Waals surface area contributed by atoms with Crippen LogP contribution < -0.4 is 5.73 Å². The number of carbonyl (C=O) groups is 1. The van der Waals surface area contributed by atoms with E-state index in [2.05, 4.69) is 0 Å². The van der Waals surface area contributed by atoms with Gasteiger partial charge in [-0.05, 0) is 38.6 Å². The summed E-state index contributed by atoms with van der Waals surface area (Å²) in [5.41, 5.74) is 5.84. The molecule has 1 fully saturated rings. The second-order valence-electron chi connectivity index (χ2n) is 4.98. The van der Waals surface area contributed by atoms with E-state index in [4.69, 9.17) is 10.5 Å². The van der Waals surface area contributed by atoms with Crippen molar-refractivity contribution in [3.63, 3.8) is 0 Å². The molecule has 3 heteroatoms. The number of esters is 1. The van der Waals surface area contributed by atoms with Gasteiger partial charge < -0.3 is 10.5 Å². The normalized spacial score (nSPS) is 18.2. The van der Waals surface area contributed by atoms with Crippen LogP contribution in [0, 0.1) is 5.41 Å². The van der Waals surface area contributed by atoms with Crippen molar-refractivity contribution < 1.29 is 9.53 Å². The second-order valence-corrected chi connectivity index (χ2v) is 4.98. The Hall–Kier alpha value is -0.570. The minimum absolute atomic E-state index is 0.0177. The fourth-order valence-electron chi connectivity index (χ4n) is 2.37. The molecule has 0 aliphatic heterocycles. The predicted molar refractivity (Wildman–Crippen MR) is 71.8 cm³/mol. The van der Waals surface area contributed by atoms with Crippen molar-refractivity contribution in [1.29, 1.82) is 0 Å². The van der Waals surface area contributed by atoms with Gasteiger partial charge in [0.25, 0.3) is 0 Å². The molecule has 0 amide bonds. The Morgan fingerprint density at radius 1 is 1.24 bits per heavy atom. The number of rotatable bonds is 4. The van der Waals surface area contributed by atoms with Crippen LogP contribution in [0.4, 0.5) is 0 Å². The van der Waals surface area contributed by atoms with Crippen molar-refractivity contribution >= 4 is 5.97 Å². The molecule has 0 aromatic heterocycles. The van der Waals surface area contributed by atoms with E-state index in [9.17, 15) is 4.79 Å². The van der Waals surface area contributed by atoms with Gasteiger partial charge in [0.1, 0.15) is 0 Å². The summed E-state index contributed by atoms with van der Waals surface area (Å²) in [6, 6.07) is 0. The third kappa shape index (κ3) is 6.06. The van der Waals surface area contributed by atoms with Crippen LogP contribution in [0.5, 0.6) is 0 Å². The molecule has 0 atom stereocenters. The lowest BCUT2D eigenvalue weighted by atomic mass is 9.72. The second kappa shape index (κ2) is 8.51. The predicted octanol–water partition coefficient (Wildman–Crippen LogP) is 3.26. The molecule has 1 aliphatic rings. The van der Waals surface area contributed by atoms with Gasteiger partial charge in [0, 0.05) is 0 Å². The third-order valence-corrected chi connectivity index (χ3v) is 3.23. The molecular formula is C14H29NO2. The Kier molecular flexibility index (Phi) is 8.23. The van der Waals surface area contributed by atoms with E-state index in [-0.39, 0.29) is 17.5 Å². The molecular weight excluding hydrogens is 214 g/mol. The van der Waals surface area contributed by atoms with E-state index >= 15 is 0 Å². The fraction of sp³-hybridized carbons (Fsp3) is 0.929. The molecule has 1 saturated carbocycles. The van der Waals surface area contributed by atoms with Gasteiger partial charge in [-0.1, -0.05) is 33.1 Å². The number of hydrogen-bond acceptors (Lipinski definition) is 3. The van der Waals surface area contributed by atoms with Gasteiger partial charge in [-0.25, -0.2) is 0 Å². The molecule has 0 saturated heterocycles. The molecule has 0 aromatic carbocycles. The standard InChI is InChI=1S/C12H23NO2.C2H6/c1-10(2)15-11(14)8-12(9-13)6-4-3-5-7-12;1-2/h10H,3-9,13H2,1-2H3;1-2H3. The minimum atomic E-state index is -0.0858. The first kappa shape index (κ1) is 16.4. The maximum atomic E-state index is 11.6. The van der Waals surface area contributed by atoms with E-state index in [0.29, 0.717) is 13.0 Å². The van der Waals surface area contributed by atoms with Gasteiger partial charge in [0.15, 0.2) is 0 Å². The third-order valence-electron chi connectivity index (χ3n) is 3.23. The van der Waals surface area contributed by atoms with Crippen LogP contribution >= 0.6 is 0 Å². The summed E-state index contributed by atoms with van der Waals surface area (Å²) in [5.74, 6) is -0.0858. The Morgan fingerprint density at radius 3 is 2.18 bits per heavy atom. The van der Waals surface area contributed by atoms with Crippen LogP contribution in [0.3, 0.4) is 0 Å². The molecule has 0 aromatic rings. The van der Waals surface area contributed by atoms with Crippen LogP contribution in [0.1, 0.15) is 66.2 Å². The highest BCUT2D eigenvalue weighted by Gasteiger charge is 2.33. The van der Waals surface area contributed by atoms with E-state index in [1.54, 1.807) is 0 Å². The number of hydrogen-bond donors (Lipinski definition) is 1. The highest BCUT2D eigenvalue weighted by atomic mass is 16.5.